The molecule has 0 aliphatic rings. The van der Waals surface area contributed by atoms with Gasteiger partial charge in [-0.25, -0.2) is 4.98 Å². The first-order valence-electron chi connectivity index (χ1n) is 6.37. The van der Waals surface area contributed by atoms with E-state index in [-0.39, 0.29) is 5.41 Å². The van der Waals surface area contributed by atoms with E-state index in [4.69, 9.17) is 23.2 Å². The van der Waals surface area contributed by atoms with Gasteiger partial charge in [0.2, 0.25) is 0 Å². The van der Waals surface area contributed by atoms with Gasteiger partial charge in [-0.1, -0.05) is 44.0 Å². The van der Waals surface area contributed by atoms with Crippen molar-refractivity contribution < 1.29 is 0 Å². The monoisotopic (exact) mass is 296 g/mol. The van der Waals surface area contributed by atoms with E-state index in [9.17, 15) is 0 Å². The molecule has 1 N–H and O–H groups in total. The van der Waals surface area contributed by atoms with E-state index in [0.717, 1.165) is 23.3 Å². The summed E-state index contributed by atoms with van der Waals surface area (Å²) in [7, 11) is 0. The summed E-state index contributed by atoms with van der Waals surface area (Å²) in [6.07, 6.45) is 0. The van der Waals surface area contributed by atoms with Crippen LogP contribution in [0, 0.1) is 0 Å². The van der Waals surface area contributed by atoms with Gasteiger partial charge in [0.15, 0.2) is 0 Å². The van der Waals surface area contributed by atoms with Gasteiger partial charge in [0.05, 0.1) is 10.5 Å². The Hall–Kier alpha value is -0.990. The number of hydrogen-bond acceptors (Lipinski definition) is 2. The second-order valence-corrected chi connectivity index (χ2v) is 6.47. The maximum atomic E-state index is 6.23. The van der Waals surface area contributed by atoms with Gasteiger partial charge in [0.1, 0.15) is 5.82 Å². The number of nitrogens with zero attached hydrogens (tertiary/aromatic N) is 1. The van der Waals surface area contributed by atoms with E-state index in [0.29, 0.717) is 10.0 Å². The van der Waals surface area contributed by atoms with Gasteiger partial charge in [-0.15, -0.1) is 0 Å². The Kier molecular flexibility index (Phi) is 3.93. The fourth-order valence-corrected chi connectivity index (χ4v) is 2.64. The summed E-state index contributed by atoms with van der Waals surface area (Å²) >= 11 is 12.3. The SMILES string of the molecule is CCNc1nc2c(Cl)cc(Cl)cc2cc1C(C)(C)C. The first-order valence-corrected chi connectivity index (χ1v) is 7.12. The van der Waals surface area contributed by atoms with Crippen molar-refractivity contribution in [1.82, 2.24) is 4.98 Å². The molecule has 4 heteroatoms. The molecule has 2 rings (SSSR count). The van der Waals surface area contributed by atoms with Gasteiger partial charge >= 0.3 is 0 Å². The van der Waals surface area contributed by atoms with Gasteiger partial charge in [0, 0.05) is 22.5 Å². The molecule has 102 valence electrons. The molecule has 0 saturated carbocycles. The van der Waals surface area contributed by atoms with Crippen molar-refractivity contribution in [3.63, 3.8) is 0 Å². The number of aromatic nitrogens is 1. The topological polar surface area (TPSA) is 24.9 Å². The molecule has 0 spiro atoms. The van der Waals surface area contributed by atoms with Crippen LogP contribution in [0.2, 0.25) is 10.0 Å². The summed E-state index contributed by atoms with van der Waals surface area (Å²) < 4.78 is 0. The average molecular weight is 297 g/mol. The molecule has 2 nitrogen and oxygen atoms in total. The van der Waals surface area contributed by atoms with Crippen LogP contribution in [0.25, 0.3) is 10.9 Å². The first-order chi connectivity index (χ1) is 8.82. The van der Waals surface area contributed by atoms with Gasteiger partial charge < -0.3 is 5.32 Å². The van der Waals surface area contributed by atoms with E-state index in [1.165, 1.54) is 5.56 Å². The second kappa shape index (κ2) is 5.18. The van der Waals surface area contributed by atoms with E-state index >= 15 is 0 Å². The zero-order valence-corrected chi connectivity index (χ0v) is 13.2. The third kappa shape index (κ3) is 2.96. The highest BCUT2D eigenvalue weighted by Gasteiger charge is 2.20. The standard InChI is InChI=1S/C15H18Cl2N2/c1-5-18-14-11(15(2,3)4)7-9-6-10(16)8-12(17)13(9)19-14/h6-8H,5H2,1-4H3,(H,18,19). The lowest BCUT2D eigenvalue weighted by Crippen LogP contribution is -2.16. The van der Waals surface area contributed by atoms with Crippen molar-refractivity contribution >= 4 is 39.9 Å². The highest BCUT2D eigenvalue weighted by molar-refractivity contribution is 6.38. The molecule has 0 aliphatic carbocycles. The summed E-state index contributed by atoms with van der Waals surface area (Å²) in [6.45, 7) is 9.39. The predicted molar refractivity (Wildman–Crippen MR) is 84.6 cm³/mol. The molecular weight excluding hydrogens is 279 g/mol. The Morgan fingerprint density at radius 3 is 2.42 bits per heavy atom. The third-order valence-electron chi connectivity index (χ3n) is 2.99. The minimum absolute atomic E-state index is 0.00743. The van der Waals surface area contributed by atoms with Crippen LogP contribution in [0.3, 0.4) is 0 Å². The van der Waals surface area contributed by atoms with Crippen molar-refractivity contribution in [2.45, 2.75) is 33.1 Å². The van der Waals surface area contributed by atoms with Crippen molar-refractivity contribution in [2.75, 3.05) is 11.9 Å². The minimum Gasteiger partial charge on any atom is -0.370 e. The molecule has 0 saturated heterocycles. The smallest absolute Gasteiger partial charge is 0.130 e. The number of rotatable bonds is 2. The van der Waals surface area contributed by atoms with Gasteiger partial charge in [-0.05, 0) is 30.5 Å². The molecule has 0 aliphatic heterocycles. The van der Waals surface area contributed by atoms with Crippen LogP contribution in [-0.4, -0.2) is 11.5 Å². The average Bonchev–Trinajstić information content (AvgIpc) is 2.28. The van der Waals surface area contributed by atoms with Crippen LogP contribution in [0.1, 0.15) is 33.3 Å². The largest absolute Gasteiger partial charge is 0.370 e. The Bertz CT molecular complexity index is 616. The van der Waals surface area contributed by atoms with E-state index in [1.807, 2.05) is 6.07 Å². The maximum Gasteiger partial charge on any atom is 0.130 e. The van der Waals surface area contributed by atoms with Gasteiger partial charge in [-0.2, -0.15) is 0 Å². The lowest BCUT2D eigenvalue weighted by molar-refractivity contribution is 0.590. The summed E-state index contributed by atoms with van der Waals surface area (Å²) in [6, 6.07) is 5.75. The normalized spacial score (nSPS) is 11.9. The number of halogens is 2. The van der Waals surface area contributed by atoms with Crippen molar-refractivity contribution in [3.05, 3.63) is 33.8 Å². The Morgan fingerprint density at radius 2 is 1.84 bits per heavy atom. The zero-order chi connectivity index (χ0) is 14.2. The number of pyridine rings is 1. The summed E-state index contributed by atoms with van der Waals surface area (Å²) in [5.41, 5.74) is 1.96. The lowest BCUT2D eigenvalue weighted by atomic mass is 9.86. The van der Waals surface area contributed by atoms with Crippen LogP contribution < -0.4 is 5.32 Å². The summed E-state index contributed by atoms with van der Waals surface area (Å²) in [5.74, 6) is 0.895. The fourth-order valence-electron chi connectivity index (χ4n) is 2.08. The fraction of sp³-hybridized carbons (Fsp3) is 0.400. The Morgan fingerprint density at radius 1 is 1.16 bits per heavy atom. The first kappa shape index (κ1) is 14.4. The van der Waals surface area contributed by atoms with E-state index in [1.54, 1.807) is 6.07 Å². The van der Waals surface area contributed by atoms with Crippen LogP contribution >= 0.6 is 23.2 Å². The number of hydrogen-bond donors (Lipinski definition) is 1. The number of benzene rings is 1. The maximum absolute atomic E-state index is 6.23. The summed E-state index contributed by atoms with van der Waals surface area (Å²) in [4.78, 5) is 4.67. The highest BCUT2D eigenvalue weighted by atomic mass is 35.5. The third-order valence-corrected chi connectivity index (χ3v) is 3.49. The van der Waals surface area contributed by atoms with Crippen molar-refractivity contribution in [1.29, 1.82) is 0 Å². The molecule has 0 atom stereocenters. The molecule has 19 heavy (non-hydrogen) atoms. The molecule has 0 fully saturated rings. The molecular formula is C15H18Cl2N2. The Balaban J connectivity index is 2.76. The molecule has 1 aromatic carbocycles. The zero-order valence-electron chi connectivity index (χ0n) is 11.6. The van der Waals surface area contributed by atoms with E-state index < -0.39 is 0 Å². The Labute approximate surface area is 124 Å². The summed E-state index contributed by atoms with van der Waals surface area (Å²) in [5, 5.41) is 5.51. The van der Waals surface area contributed by atoms with Gasteiger partial charge in [-0.3, -0.25) is 0 Å². The predicted octanol–water partition coefficient (Wildman–Crippen LogP) is 5.27. The molecule has 2 aromatic rings. The van der Waals surface area contributed by atoms with Crippen molar-refractivity contribution in [2.24, 2.45) is 0 Å². The number of fused-ring (bicyclic) bond motifs is 1. The molecule has 0 amide bonds. The number of anilines is 1. The number of nitrogens with one attached hydrogen (secondary N) is 1. The highest BCUT2D eigenvalue weighted by Crippen LogP contribution is 2.34. The van der Waals surface area contributed by atoms with Crippen LogP contribution in [0.4, 0.5) is 5.82 Å². The van der Waals surface area contributed by atoms with Crippen molar-refractivity contribution in [3.8, 4) is 0 Å². The second-order valence-electron chi connectivity index (χ2n) is 5.62. The molecule has 0 bridgehead atoms. The van der Waals surface area contributed by atoms with Crippen LogP contribution in [-0.2, 0) is 5.41 Å². The van der Waals surface area contributed by atoms with Crippen LogP contribution in [0.5, 0.6) is 0 Å². The van der Waals surface area contributed by atoms with Gasteiger partial charge in [0.25, 0.3) is 0 Å². The molecule has 0 unspecified atom stereocenters. The van der Waals surface area contributed by atoms with Crippen LogP contribution in [0.15, 0.2) is 18.2 Å². The van der Waals surface area contributed by atoms with E-state index in [2.05, 4.69) is 44.1 Å². The lowest BCUT2D eigenvalue weighted by Gasteiger charge is -2.23. The minimum atomic E-state index is 0.00743. The molecule has 1 heterocycles. The molecule has 1 aromatic heterocycles. The quantitative estimate of drug-likeness (QED) is 0.816. The molecule has 0 radical (unpaired) electrons.